The fourth-order valence-electron chi connectivity index (χ4n) is 6.31. The van der Waals surface area contributed by atoms with Crippen molar-refractivity contribution in [3.05, 3.63) is 47.9 Å². The summed E-state index contributed by atoms with van der Waals surface area (Å²) in [5, 5.41) is 11.7. The molecule has 0 unspecified atom stereocenters. The van der Waals surface area contributed by atoms with Crippen LogP contribution in [0.1, 0.15) is 46.1 Å². The molecule has 0 spiro atoms. The highest BCUT2D eigenvalue weighted by molar-refractivity contribution is 5.66. The van der Waals surface area contributed by atoms with E-state index in [1.54, 1.807) is 12.1 Å². The smallest absolute Gasteiger partial charge is 0.418 e. The minimum Gasteiger partial charge on any atom is -0.457 e. The zero-order chi connectivity index (χ0) is 26.3. The summed E-state index contributed by atoms with van der Waals surface area (Å²) >= 11 is 0. The van der Waals surface area contributed by atoms with Crippen LogP contribution < -0.4 is 4.90 Å². The number of hydrogen-bond donors (Lipinski definition) is 1. The molecule has 1 saturated carbocycles. The fraction of sp³-hybridized carbons (Fsp3) is 0.643. The molecule has 2 fully saturated rings. The molecule has 4 rings (SSSR count). The van der Waals surface area contributed by atoms with Gasteiger partial charge in [-0.15, -0.1) is 0 Å². The summed E-state index contributed by atoms with van der Waals surface area (Å²) in [5.41, 5.74) is -0.596. The zero-order valence-corrected chi connectivity index (χ0v) is 21.5. The van der Waals surface area contributed by atoms with Crippen LogP contribution in [0, 0.1) is 30.1 Å². The Labute approximate surface area is 212 Å². The van der Waals surface area contributed by atoms with Gasteiger partial charge in [-0.1, -0.05) is 32.1 Å². The largest absolute Gasteiger partial charge is 0.457 e. The first-order valence-corrected chi connectivity index (χ1v) is 12.9. The first kappa shape index (κ1) is 27.0. The van der Waals surface area contributed by atoms with Gasteiger partial charge in [0.15, 0.2) is 0 Å². The first-order chi connectivity index (χ1) is 16.9. The van der Waals surface area contributed by atoms with E-state index in [4.69, 9.17) is 4.74 Å². The predicted octanol–water partition coefficient (Wildman–Crippen LogP) is 4.83. The molecule has 1 N–H and O–H groups in total. The van der Waals surface area contributed by atoms with E-state index in [1.165, 1.54) is 13.0 Å². The second-order valence-corrected chi connectivity index (χ2v) is 10.8. The monoisotopic (exact) mass is 506 g/mol. The van der Waals surface area contributed by atoms with Crippen LogP contribution in [0.3, 0.4) is 0 Å². The van der Waals surface area contributed by atoms with Gasteiger partial charge in [0.25, 0.3) is 0 Å². The van der Waals surface area contributed by atoms with Crippen LogP contribution in [0.15, 0.2) is 35.9 Å². The average molecular weight is 507 g/mol. The predicted molar refractivity (Wildman–Crippen MR) is 132 cm³/mol. The van der Waals surface area contributed by atoms with E-state index < -0.39 is 29.4 Å². The van der Waals surface area contributed by atoms with Gasteiger partial charge in [0.1, 0.15) is 6.10 Å². The Morgan fingerprint density at radius 2 is 1.89 bits per heavy atom. The van der Waals surface area contributed by atoms with Crippen molar-refractivity contribution in [2.45, 2.75) is 58.4 Å². The van der Waals surface area contributed by atoms with E-state index in [9.17, 15) is 23.1 Å². The summed E-state index contributed by atoms with van der Waals surface area (Å²) < 4.78 is 45.8. The van der Waals surface area contributed by atoms with Crippen LogP contribution in [0.25, 0.3) is 0 Å². The summed E-state index contributed by atoms with van der Waals surface area (Å²) in [7, 11) is 0. The number of anilines is 1. The van der Waals surface area contributed by atoms with Gasteiger partial charge in [-0.05, 0) is 55.2 Å². The summed E-state index contributed by atoms with van der Waals surface area (Å²) in [4.78, 5) is 15.7. The van der Waals surface area contributed by atoms with Gasteiger partial charge in [0.2, 0.25) is 0 Å². The van der Waals surface area contributed by atoms with E-state index in [1.807, 2.05) is 18.7 Å². The van der Waals surface area contributed by atoms with Crippen molar-refractivity contribution in [2.24, 2.45) is 23.7 Å². The number of piperazine rings is 1. The van der Waals surface area contributed by atoms with Crippen LogP contribution in [0.4, 0.5) is 18.9 Å². The van der Waals surface area contributed by atoms with Gasteiger partial charge in [0.05, 0.1) is 17.6 Å². The number of fused-ring (bicyclic) bond motifs is 1. The number of aliphatic hydroxyl groups is 1. The van der Waals surface area contributed by atoms with Crippen LogP contribution in [-0.2, 0) is 15.7 Å². The number of para-hydroxylation sites is 1. The van der Waals surface area contributed by atoms with Crippen LogP contribution in [0.2, 0.25) is 0 Å². The molecule has 198 valence electrons. The van der Waals surface area contributed by atoms with Crippen molar-refractivity contribution in [1.29, 1.82) is 0 Å². The normalized spacial score (nSPS) is 32.4. The summed E-state index contributed by atoms with van der Waals surface area (Å²) in [6, 6.07) is 5.79. The van der Waals surface area contributed by atoms with Crippen LogP contribution in [-0.4, -0.2) is 60.4 Å². The highest BCUT2D eigenvalue weighted by Crippen LogP contribution is 2.51. The maximum Gasteiger partial charge on any atom is 0.418 e. The number of ether oxygens (including phenoxy) is 1. The zero-order valence-electron chi connectivity index (χ0n) is 21.5. The molecule has 36 heavy (non-hydrogen) atoms. The highest BCUT2D eigenvalue weighted by Gasteiger charge is 2.53. The van der Waals surface area contributed by atoms with E-state index in [0.29, 0.717) is 26.2 Å². The number of carbonyl (C=O) groups excluding carboxylic acids is 1. The van der Waals surface area contributed by atoms with Crippen molar-refractivity contribution in [1.82, 2.24) is 4.90 Å². The number of rotatable bonds is 5. The van der Waals surface area contributed by atoms with E-state index in [2.05, 4.69) is 24.3 Å². The number of carbonyl (C=O) groups is 1. The molecule has 1 saturated heterocycles. The van der Waals surface area contributed by atoms with Crippen molar-refractivity contribution in [3.8, 4) is 0 Å². The second-order valence-electron chi connectivity index (χ2n) is 10.8. The highest BCUT2D eigenvalue weighted by atomic mass is 19.4. The lowest BCUT2D eigenvalue weighted by atomic mass is 9.57. The van der Waals surface area contributed by atoms with Gasteiger partial charge in [-0.3, -0.25) is 9.69 Å². The molecule has 0 amide bonds. The first-order valence-electron chi connectivity index (χ1n) is 12.9. The second kappa shape index (κ2) is 10.4. The molecule has 0 aromatic heterocycles. The Balaban J connectivity index is 1.42. The summed E-state index contributed by atoms with van der Waals surface area (Å²) in [5.74, 6) is 0.0105. The van der Waals surface area contributed by atoms with E-state index in [-0.39, 0.29) is 29.4 Å². The summed E-state index contributed by atoms with van der Waals surface area (Å²) in [6.45, 7) is 10.8. The number of halogens is 3. The molecule has 1 aromatic rings. The molecule has 5 nitrogen and oxygen atoms in total. The lowest BCUT2D eigenvalue weighted by Gasteiger charge is -2.53. The quantitative estimate of drug-likeness (QED) is 0.458. The Bertz CT molecular complexity index is 973. The average Bonchev–Trinajstić information content (AvgIpc) is 2.81. The minimum absolute atomic E-state index is 0.00519. The van der Waals surface area contributed by atoms with Gasteiger partial charge in [-0.2, -0.15) is 13.2 Å². The molecule has 0 bridgehead atoms. The summed E-state index contributed by atoms with van der Waals surface area (Å²) in [6.07, 6.45) is 2.14. The molecule has 2 radical (unpaired) electrons. The fourth-order valence-corrected chi connectivity index (χ4v) is 6.31. The molecule has 6 atom stereocenters. The molecule has 1 aromatic carbocycles. The molecular weight excluding hydrogens is 469 g/mol. The maximum atomic E-state index is 13.5. The lowest BCUT2D eigenvalue weighted by Crippen LogP contribution is -2.57. The number of hydrogen-bond acceptors (Lipinski definition) is 5. The third-order valence-corrected chi connectivity index (χ3v) is 8.36. The Kier molecular flexibility index (Phi) is 7.77. The third kappa shape index (κ3) is 5.44. The molecule has 1 aliphatic heterocycles. The molecule has 2 aliphatic carbocycles. The number of benzene rings is 1. The maximum absolute atomic E-state index is 13.5. The van der Waals surface area contributed by atoms with Crippen molar-refractivity contribution in [2.75, 3.05) is 37.6 Å². The van der Waals surface area contributed by atoms with E-state index in [0.717, 1.165) is 31.0 Å². The topological polar surface area (TPSA) is 53.0 Å². The number of nitrogens with zero attached hydrogens (tertiary/aromatic N) is 2. The Morgan fingerprint density at radius 1 is 1.22 bits per heavy atom. The Hall–Kier alpha value is -2.06. The van der Waals surface area contributed by atoms with Crippen molar-refractivity contribution in [3.63, 3.8) is 0 Å². The lowest BCUT2D eigenvalue weighted by molar-refractivity contribution is -0.148. The molecule has 8 heteroatoms. The SMILES string of the molecule is CC(=O)O[C@@H]1[C][C@@]2(O)[C@H](C)CC[C@@H]([C@H](C)CN3CCN(c4ccccc4C(F)(F)F)CC3)[C@H]2C=C1C. The van der Waals surface area contributed by atoms with Gasteiger partial charge >= 0.3 is 12.1 Å². The van der Waals surface area contributed by atoms with Gasteiger partial charge < -0.3 is 14.7 Å². The Morgan fingerprint density at radius 3 is 2.53 bits per heavy atom. The minimum atomic E-state index is -4.37. The molecule has 3 aliphatic rings. The van der Waals surface area contributed by atoms with E-state index >= 15 is 0 Å². The third-order valence-electron chi connectivity index (χ3n) is 8.36. The van der Waals surface area contributed by atoms with Gasteiger partial charge in [-0.25, -0.2) is 0 Å². The standard InChI is InChI=1S/C28H37F3N2O3/c1-18-15-24-22(10-9-20(3)27(24,35)16-26(18)36-21(4)34)19(2)17-32-11-13-33(14-12-32)25-8-6-5-7-23(25)28(29,30)31/h5-8,15,19-20,22,24,26,35H,9-14,17H2,1-4H3/t19-,20-,22+,24-,26-,27-/m1/s1. The van der Waals surface area contributed by atoms with Crippen LogP contribution in [0.5, 0.6) is 0 Å². The number of alkyl halides is 3. The van der Waals surface area contributed by atoms with Crippen LogP contribution >= 0.6 is 0 Å². The molecular formula is C28H37F3N2O3. The molecule has 1 heterocycles. The van der Waals surface area contributed by atoms with Crippen molar-refractivity contribution < 1.29 is 27.8 Å². The van der Waals surface area contributed by atoms with Crippen molar-refractivity contribution >= 4 is 11.7 Å². The van der Waals surface area contributed by atoms with Gasteiger partial charge in [0, 0.05) is 51.3 Å². The number of esters is 1.